The molecule has 0 spiro atoms. The van der Waals surface area contributed by atoms with E-state index in [2.05, 4.69) is 0 Å². The Kier molecular flexibility index (Phi) is 4.16. The van der Waals surface area contributed by atoms with E-state index in [-0.39, 0.29) is 6.42 Å². The van der Waals surface area contributed by atoms with Crippen LogP contribution in [0.3, 0.4) is 0 Å². The summed E-state index contributed by atoms with van der Waals surface area (Å²) in [6.07, 6.45) is 2.10. The highest BCUT2D eigenvalue weighted by Gasteiger charge is 2.23. The maximum absolute atomic E-state index is 10.2. The first kappa shape index (κ1) is 10.2. The number of carbonyl (C=O) groups is 2. The van der Waals surface area contributed by atoms with Crippen molar-refractivity contribution in [1.29, 1.82) is 5.26 Å². The number of hydrogen-bond donors (Lipinski definition) is 2. The van der Waals surface area contributed by atoms with Crippen LogP contribution in [-0.4, -0.2) is 22.2 Å². The van der Waals surface area contributed by atoms with E-state index in [0.717, 1.165) is 6.08 Å². The van der Waals surface area contributed by atoms with Crippen LogP contribution in [-0.2, 0) is 9.59 Å². The zero-order chi connectivity index (χ0) is 9.56. The Morgan fingerprint density at radius 3 is 2.25 bits per heavy atom. The number of hydrogen-bond acceptors (Lipinski definition) is 3. The Morgan fingerprint density at radius 1 is 1.42 bits per heavy atom. The summed E-state index contributed by atoms with van der Waals surface area (Å²) >= 11 is 0. The van der Waals surface area contributed by atoms with Crippen molar-refractivity contribution >= 4 is 11.9 Å². The number of allylic oxidation sites excluding steroid dienone is 2. The predicted octanol–water partition coefficient (Wildman–Crippen LogP) is 0.242. The lowest BCUT2D eigenvalue weighted by Crippen LogP contribution is -2.22. The molecule has 0 heterocycles. The van der Waals surface area contributed by atoms with Gasteiger partial charge in [-0.25, -0.2) is 0 Å². The average molecular weight is 169 g/mol. The molecule has 0 amide bonds. The molecular formula is C7H7NO4. The first-order valence-corrected chi connectivity index (χ1v) is 3.09. The van der Waals surface area contributed by atoms with Gasteiger partial charge in [-0.3, -0.25) is 9.59 Å². The molecule has 0 aromatic rings. The summed E-state index contributed by atoms with van der Waals surface area (Å²) in [6.45, 7) is 0. The van der Waals surface area contributed by atoms with Crippen LogP contribution < -0.4 is 0 Å². The standard InChI is InChI=1S/C7H7NO4/c8-4-2-1-3-5(6(9)10)7(11)12/h1-2,5H,3H2,(H,9,10)(H,11,12)/b2-1+. The van der Waals surface area contributed by atoms with E-state index in [1.54, 1.807) is 6.07 Å². The molecule has 0 aliphatic heterocycles. The number of aliphatic carboxylic acids is 2. The lowest BCUT2D eigenvalue weighted by molar-refractivity contribution is -0.154. The summed E-state index contributed by atoms with van der Waals surface area (Å²) < 4.78 is 0. The van der Waals surface area contributed by atoms with E-state index in [1.165, 1.54) is 6.08 Å². The normalized spacial score (nSPS) is 10.0. The zero-order valence-electron chi connectivity index (χ0n) is 6.10. The smallest absolute Gasteiger partial charge is 0.318 e. The summed E-state index contributed by atoms with van der Waals surface area (Å²) in [5.41, 5.74) is 0. The highest BCUT2D eigenvalue weighted by molar-refractivity contribution is 5.92. The molecule has 12 heavy (non-hydrogen) atoms. The van der Waals surface area contributed by atoms with Gasteiger partial charge < -0.3 is 10.2 Å². The fourth-order valence-corrected chi connectivity index (χ4v) is 0.564. The lowest BCUT2D eigenvalue weighted by atomic mass is 10.1. The zero-order valence-corrected chi connectivity index (χ0v) is 6.10. The lowest BCUT2D eigenvalue weighted by Gasteiger charge is -2.01. The summed E-state index contributed by atoms with van der Waals surface area (Å²) in [6, 6.07) is 1.63. The molecule has 0 aromatic carbocycles. The Hall–Kier alpha value is -1.83. The molecule has 5 nitrogen and oxygen atoms in total. The molecule has 0 saturated heterocycles. The molecule has 64 valence electrons. The molecule has 0 aliphatic carbocycles. The SMILES string of the molecule is N#C/C=C/CC(C(=O)O)C(=O)O. The summed E-state index contributed by atoms with van der Waals surface area (Å²) in [7, 11) is 0. The second kappa shape index (κ2) is 4.91. The van der Waals surface area contributed by atoms with Gasteiger partial charge in [0.15, 0.2) is 5.92 Å². The molecule has 0 aromatic heterocycles. The van der Waals surface area contributed by atoms with Crippen molar-refractivity contribution in [1.82, 2.24) is 0 Å². The number of carboxylic acids is 2. The Balaban J connectivity index is 4.17. The van der Waals surface area contributed by atoms with E-state index in [0.29, 0.717) is 0 Å². The van der Waals surface area contributed by atoms with Crippen molar-refractivity contribution in [3.63, 3.8) is 0 Å². The molecular weight excluding hydrogens is 162 g/mol. The van der Waals surface area contributed by atoms with Gasteiger partial charge in [-0.1, -0.05) is 6.08 Å². The summed E-state index contributed by atoms with van der Waals surface area (Å²) in [5, 5.41) is 24.7. The molecule has 0 radical (unpaired) electrons. The third-order valence-electron chi connectivity index (χ3n) is 1.16. The van der Waals surface area contributed by atoms with Gasteiger partial charge in [0.2, 0.25) is 0 Å². The van der Waals surface area contributed by atoms with Crippen molar-refractivity contribution in [3.05, 3.63) is 12.2 Å². The van der Waals surface area contributed by atoms with Gasteiger partial charge in [0, 0.05) is 6.08 Å². The second-order valence-corrected chi connectivity index (χ2v) is 2.00. The quantitative estimate of drug-likeness (QED) is 0.464. The van der Waals surface area contributed by atoms with Gasteiger partial charge in [-0.15, -0.1) is 0 Å². The average Bonchev–Trinajstić information content (AvgIpc) is 1.96. The minimum Gasteiger partial charge on any atom is -0.481 e. The highest BCUT2D eigenvalue weighted by atomic mass is 16.4. The monoisotopic (exact) mass is 169 g/mol. The largest absolute Gasteiger partial charge is 0.481 e. The maximum Gasteiger partial charge on any atom is 0.318 e. The van der Waals surface area contributed by atoms with Crippen LogP contribution in [0.5, 0.6) is 0 Å². The van der Waals surface area contributed by atoms with Crippen molar-refractivity contribution in [3.8, 4) is 6.07 Å². The summed E-state index contributed by atoms with van der Waals surface area (Å²) in [4.78, 5) is 20.5. The van der Waals surface area contributed by atoms with Gasteiger partial charge in [0.1, 0.15) is 0 Å². The maximum atomic E-state index is 10.2. The van der Waals surface area contributed by atoms with E-state index in [9.17, 15) is 9.59 Å². The fraction of sp³-hybridized carbons (Fsp3) is 0.286. The van der Waals surface area contributed by atoms with Crippen molar-refractivity contribution in [2.75, 3.05) is 0 Å². The van der Waals surface area contributed by atoms with Crippen LogP contribution in [0, 0.1) is 17.2 Å². The van der Waals surface area contributed by atoms with Crippen LogP contribution in [0.2, 0.25) is 0 Å². The van der Waals surface area contributed by atoms with E-state index < -0.39 is 17.9 Å². The molecule has 0 bridgehead atoms. The van der Waals surface area contributed by atoms with Crippen molar-refractivity contribution < 1.29 is 19.8 Å². The fourth-order valence-electron chi connectivity index (χ4n) is 0.564. The van der Waals surface area contributed by atoms with Gasteiger partial charge >= 0.3 is 11.9 Å². The van der Waals surface area contributed by atoms with E-state index in [4.69, 9.17) is 15.5 Å². The minimum absolute atomic E-state index is 0.168. The first-order chi connectivity index (χ1) is 5.59. The third-order valence-corrected chi connectivity index (χ3v) is 1.16. The van der Waals surface area contributed by atoms with Crippen molar-refractivity contribution in [2.45, 2.75) is 6.42 Å². The number of rotatable bonds is 4. The molecule has 0 saturated carbocycles. The van der Waals surface area contributed by atoms with E-state index in [1.807, 2.05) is 0 Å². The topological polar surface area (TPSA) is 98.4 Å². The molecule has 0 unspecified atom stereocenters. The minimum atomic E-state index is -1.46. The molecule has 5 heteroatoms. The van der Waals surface area contributed by atoms with Crippen LogP contribution >= 0.6 is 0 Å². The van der Waals surface area contributed by atoms with Crippen LogP contribution in [0.4, 0.5) is 0 Å². The van der Waals surface area contributed by atoms with Gasteiger partial charge in [-0.2, -0.15) is 5.26 Å². The third kappa shape index (κ3) is 3.37. The Labute approximate surface area is 68.5 Å². The number of nitrogens with zero attached hydrogens (tertiary/aromatic N) is 1. The number of nitriles is 1. The Morgan fingerprint density at radius 2 is 1.92 bits per heavy atom. The molecule has 0 rings (SSSR count). The summed E-state index contributed by atoms with van der Waals surface area (Å²) in [5.74, 6) is -4.26. The molecule has 0 aliphatic rings. The number of carboxylic acid groups (broad SMARTS) is 2. The molecule has 0 fully saturated rings. The van der Waals surface area contributed by atoms with E-state index >= 15 is 0 Å². The van der Waals surface area contributed by atoms with Gasteiger partial charge in [-0.05, 0) is 6.42 Å². The van der Waals surface area contributed by atoms with Crippen LogP contribution in [0.15, 0.2) is 12.2 Å². The van der Waals surface area contributed by atoms with Gasteiger partial charge in [0.25, 0.3) is 0 Å². The van der Waals surface area contributed by atoms with Crippen LogP contribution in [0.1, 0.15) is 6.42 Å². The second-order valence-electron chi connectivity index (χ2n) is 2.00. The van der Waals surface area contributed by atoms with Gasteiger partial charge in [0.05, 0.1) is 6.07 Å². The predicted molar refractivity (Wildman–Crippen MR) is 38.1 cm³/mol. The Bertz CT molecular complexity index is 237. The highest BCUT2D eigenvalue weighted by Crippen LogP contribution is 2.04. The van der Waals surface area contributed by atoms with Crippen LogP contribution in [0.25, 0.3) is 0 Å². The first-order valence-electron chi connectivity index (χ1n) is 3.09. The van der Waals surface area contributed by atoms with Crippen molar-refractivity contribution in [2.24, 2.45) is 5.92 Å². The molecule has 0 atom stereocenters. The molecule has 2 N–H and O–H groups in total.